The second kappa shape index (κ2) is 5.46. The van der Waals surface area contributed by atoms with Crippen LogP contribution in [0.3, 0.4) is 0 Å². The van der Waals surface area contributed by atoms with E-state index in [1.54, 1.807) is 0 Å². The van der Waals surface area contributed by atoms with E-state index in [-0.39, 0.29) is 0 Å². The molecule has 0 bridgehead atoms. The molecule has 0 aliphatic heterocycles. The summed E-state index contributed by atoms with van der Waals surface area (Å²) in [6, 6.07) is 0. The van der Waals surface area contributed by atoms with E-state index in [1.165, 1.54) is 0 Å². The van der Waals surface area contributed by atoms with Crippen molar-refractivity contribution in [3.8, 4) is 0 Å². The average molecular weight is 159 g/mol. The van der Waals surface area contributed by atoms with Crippen molar-refractivity contribution in [1.29, 1.82) is 0 Å². The Morgan fingerprint density at radius 2 is 1.70 bits per heavy atom. The average Bonchev–Trinajstić information content (AvgIpc) is 1.90. The Balaban J connectivity index is 3.61. The Morgan fingerprint density at radius 3 is 2.00 bits per heavy atom. The van der Waals surface area contributed by atoms with Gasteiger partial charge in [-0.15, -0.1) is 0 Å². The van der Waals surface area contributed by atoms with Crippen LogP contribution in [0.2, 0.25) is 0 Å². The summed E-state index contributed by atoms with van der Waals surface area (Å²) in [5.74, 6) is 0. The van der Waals surface area contributed by atoms with Gasteiger partial charge in [0, 0.05) is 14.1 Å². The quantitative estimate of drug-likeness (QED) is 0.529. The number of hydrogen-bond acceptors (Lipinski definition) is 3. The lowest BCUT2D eigenvalue weighted by atomic mass is 10.9. The van der Waals surface area contributed by atoms with Gasteiger partial charge in [0.1, 0.15) is 0 Å². The summed E-state index contributed by atoms with van der Waals surface area (Å²) in [5, 5.41) is 0. The second-order valence-corrected chi connectivity index (χ2v) is 4.86. The molecular formula is C6H17N3Si. The third-order valence-corrected chi connectivity index (χ3v) is 3.00. The van der Waals surface area contributed by atoms with Crippen molar-refractivity contribution in [3.05, 3.63) is 11.9 Å². The Hall–Kier alpha value is -0.323. The molecule has 0 saturated heterocycles. The lowest BCUT2D eigenvalue weighted by molar-refractivity contribution is 0.564. The van der Waals surface area contributed by atoms with E-state index in [0.717, 1.165) is 0 Å². The van der Waals surface area contributed by atoms with Crippen LogP contribution >= 0.6 is 0 Å². The predicted octanol–water partition coefficient (Wildman–Crippen LogP) is -0.740. The highest BCUT2D eigenvalue weighted by Crippen LogP contribution is 1.77. The van der Waals surface area contributed by atoms with E-state index in [9.17, 15) is 0 Å². The highest BCUT2D eigenvalue weighted by molar-refractivity contribution is 6.58. The van der Waals surface area contributed by atoms with Gasteiger partial charge in [-0.3, -0.25) is 0 Å². The molecule has 60 valence electrons. The molecule has 0 rings (SSSR count). The fourth-order valence-corrected chi connectivity index (χ4v) is 1.78. The maximum absolute atomic E-state index is 3.22. The van der Waals surface area contributed by atoms with E-state index in [0.29, 0.717) is 0 Å². The predicted molar refractivity (Wildman–Crippen MR) is 48.1 cm³/mol. The molecule has 3 nitrogen and oxygen atoms in total. The third-order valence-electron chi connectivity index (χ3n) is 1.20. The van der Waals surface area contributed by atoms with Gasteiger partial charge >= 0.3 is 0 Å². The molecule has 4 heteroatoms. The summed E-state index contributed by atoms with van der Waals surface area (Å²) in [4.78, 5) is 8.48. The summed E-state index contributed by atoms with van der Waals surface area (Å²) >= 11 is 0. The van der Waals surface area contributed by atoms with Crippen LogP contribution < -0.4 is 9.96 Å². The van der Waals surface area contributed by atoms with Crippen LogP contribution in [0.1, 0.15) is 0 Å². The standard InChI is InChI=1S/C6H17N3Si/c1-7-10(8-2)6-5-9(3)4/h5-8,10H,1-4H3. The van der Waals surface area contributed by atoms with Crippen molar-refractivity contribution in [2.45, 2.75) is 0 Å². The molecule has 0 aliphatic carbocycles. The molecule has 0 aromatic carbocycles. The molecule has 2 N–H and O–H groups in total. The van der Waals surface area contributed by atoms with Crippen LogP contribution in [0.4, 0.5) is 0 Å². The maximum atomic E-state index is 3.22. The zero-order valence-electron chi connectivity index (χ0n) is 7.18. The summed E-state index contributed by atoms with van der Waals surface area (Å²) < 4.78 is 0. The third kappa shape index (κ3) is 4.55. The van der Waals surface area contributed by atoms with Crippen molar-refractivity contribution in [1.82, 2.24) is 14.9 Å². The number of hydrogen-bond donors (Lipinski definition) is 2. The number of nitrogens with zero attached hydrogens (tertiary/aromatic N) is 1. The van der Waals surface area contributed by atoms with Gasteiger partial charge in [0.2, 0.25) is 9.12 Å². The van der Waals surface area contributed by atoms with Gasteiger partial charge in [0.15, 0.2) is 0 Å². The minimum Gasteiger partial charge on any atom is -0.384 e. The van der Waals surface area contributed by atoms with Crippen molar-refractivity contribution < 1.29 is 0 Å². The molecule has 0 aliphatic rings. The first-order valence-electron chi connectivity index (χ1n) is 3.40. The van der Waals surface area contributed by atoms with Gasteiger partial charge in [-0.25, -0.2) is 0 Å². The molecule has 0 saturated carbocycles. The first kappa shape index (κ1) is 9.68. The molecule has 0 fully saturated rings. The zero-order chi connectivity index (χ0) is 7.98. The highest BCUT2D eigenvalue weighted by Gasteiger charge is 1.96. The minimum absolute atomic E-state index is 0.970. The number of rotatable bonds is 4. The lowest BCUT2D eigenvalue weighted by Gasteiger charge is -2.09. The molecular weight excluding hydrogens is 142 g/mol. The molecule has 0 atom stereocenters. The lowest BCUT2D eigenvalue weighted by Crippen LogP contribution is -2.41. The first-order chi connectivity index (χ1) is 4.70. The number of nitrogens with one attached hydrogen (secondary N) is 2. The maximum Gasteiger partial charge on any atom is 0.211 e. The van der Waals surface area contributed by atoms with Gasteiger partial charge in [-0.1, -0.05) is 5.70 Å². The monoisotopic (exact) mass is 159 g/mol. The largest absolute Gasteiger partial charge is 0.384 e. The molecule has 0 spiro atoms. The van der Waals surface area contributed by atoms with E-state index in [4.69, 9.17) is 0 Å². The van der Waals surface area contributed by atoms with Crippen molar-refractivity contribution in [3.63, 3.8) is 0 Å². The summed E-state index contributed by atoms with van der Waals surface area (Å²) in [6.07, 6.45) is 2.07. The fraction of sp³-hybridized carbons (Fsp3) is 0.667. The molecule has 0 aromatic heterocycles. The van der Waals surface area contributed by atoms with Crippen molar-refractivity contribution in [2.75, 3.05) is 28.2 Å². The molecule has 0 radical (unpaired) electrons. The smallest absolute Gasteiger partial charge is 0.211 e. The van der Waals surface area contributed by atoms with Gasteiger partial charge in [0.05, 0.1) is 0 Å². The molecule has 0 amide bonds. The van der Waals surface area contributed by atoms with Gasteiger partial charge in [-0.05, 0) is 20.3 Å². The normalized spacial score (nSPS) is 11.3. The Kier molecular flexibility index (Phi) is 5.28. The fourth-order valence-electron chi connectivity index (χ4n) is 0.595. The Labute approximate surface area is 64.9 Å². The van der Waals surface area contributed by atoms with Crippen molar-refractivity contribution in [2.24, 2.45) is 0 Å². The first-order valence-corrected chi connectivity index (χ1v) is 5.22. The SMILES string of the molecule is CN[SiH](C=CN(C)C)NC. The van der Waals surface area contributed by atoms with Crippen molar-refractivity contribution >= 4 is 9.12 Å². The van der Waals surface area contributed by atoms with Crippen LogP contribution in [0, 0.1) is 0 Å². The molecule has 0 unspecified atom stereocenters. The Morgan fingerprint density at radius 1 is 1.20 bits per heavy atom. The summed E-state index contributed by atoms with van der Waals surface area (Å²) in [7, 11) is 7.03. The van der Waals surface area contributed by atoms with Crippen LogP contribution in [0.15, 0.2) is 11.9 Å². The van der Waals surface area contributed by atoms with E-state index < -0.39 is 9.12 Å². The molecule has 0 aromatic rings. The summed E-state index contributed by atoms with van der Waals surface area (Å²) in [5.41, 5.74) is 2.19. The minimum atomic E-state index is -0.970. The Bertz CT molecular complexity index is 99.2. The second-order valence-electron chi connectivity index (χ2n) is 2.36. The molecule has 0 heterocycles. The van der Waals surface area contributed by atoms with Crippen LogP contribution in [-0.4, -0.2) is 42.2 Å². The van der Waals surface area contributed by atoms with Gasteiger partial charge in [0.25, 0.3) is 0 Å². The van der Waals surface area contributed by atoms with E-state index in [1.807, 2.05) is 33.1 Å². The van der Waals surface area contributed by atoms with E-state index >= 15 is 0 Å². The highest BCUT2D eigenvalue weighted by atomic mass is 28.3. The van der Waals surface area contributed by atoms with Crippen LogP contribution in [0.5, 0.6) is 0 Å². The van der Waals surface area contributed by atoms with Crippen LogP contribution in [-0.2, 0) is 0 Å². The van der Waals surface area contributed by atoms with E-state index in [2.05, 4.69) is 21.9 Å². The topological polar surface area (TPSA) is 27.3 Å². The van der Waals surface area contributed by atoms with Gasteiger partial charge in [-0.2, -0.15) is 0 Å². The zero-order valence-corrected chi connectivity index (χ0v) is 8.33. The van der Waals surface area contributed by atoms with Gasteiger partial charge < -0.3 is 14.9 Å². The summed E-state index contributed by atoms with van der Waals surface area (Å²) in [6.45, 7) is 0. The van der Waals surface area contributed by atoms with Crippen LogP contribution in [0.25, 0.3) is 0 Å². The molecule has 10 heavy (non-hydrogen) atoms.